The average molecular weight is 491 g/mol. The molecular formula is C20H17BrClN5OS. The van der Waals surface area contributed by atoms with Crippen LogP contribution in [0.25, 0.3) is 0 Å². The van der Waals surface area contributed by atoms with E-state index in [4.69, 9.17) is 11.6 Å². The van der Waals surface area contributed by atoms with Crippen LogP contribution in [0, 0.1) is 0 Å². The molecule has 0 fully saturated rings. The minimum Gasteiger partial charge on any atom is -0.328 e. The summed E-state index contributed by atoms with van der Waals surface area (Å²) in [5.41, 5.74) is 2.92. The maximum atomic E-state index is 13.3. The number of hydrogen-bond donors (Lipinski definition) is 2. The molecule has 2 N–H and O–H groups in total. The van der Waals surface area contributed by atoms with Gasteiger partial charge in [0.1, 0.15) is 6.04 Å². The highest BCUT2D eigenvalue weighted by Crippen LogP contribution is 2.36. The SMILES string of the molecule is CSc1nc2n(n1)[C@H](c1ccc(Br)cc1)C(C(=O)Nc1ccc(Cl)cc1)=C(C)N2. The minimum absolute atomic E-state index is 0.211. The van der Waals surface area contributed by atoms with Gasteiger partial charge in [0, 0.05) is 20.9 Å². The monoisotopic (exact) mass is 489 g/mol. The number of aromatic nitrogens is 3. The summed E-state index contributed by atoms with van der Waals surface area (Å²) in [6, 6.07) is 14.5. The van der Waals surface area contributed by atoms with Gasteiger partial charge in [0.05, 0.1) is 5.57 Å². The number of rotatable bonds is 4. The van der Waals surface area contributed by atoms with Gasteiger partial charge in [-0.3, -0.25) is 4.79 Å². The molecule has 148 valence electrons. The molecule has 0 saturated carbocycles. The summed E-state index contributed by atoms with van der Waals surface area (Å²) in [6.45, 7) is 1.87. The highest BCUT2D eigenvalue weighted by Gasteiger charge is 2.34. The van der Waals surface area contributed by atoms with Crippen LogP contribution in [-0.2, 0) is 4.79 Å². The fourth-order valence-electron chi connectivity index (χ4n) is 3.20. The number of halogens is 2. The number of hydrogen-bond acceptors (Lipinski definition) is 5. The van der Waals surface area contributed by atoms with E-state index in [0.29, 0.717) is 27.4 Å². The first kappa shape index (κ1) is 20.0. The number of allylic oxidation sites excluding steroid dienone is 1. The highest BCUT2D eigenvalue weighted by atomic mass is 79.9. The molecule has 1 aromatic heterocycles. The Morgan fingerprint density at radius 1 is 1.21 bits per heavy atom. The van der Waals surface area contributed by atoms with Crippen LogP contribution in [0.1, 0.15) is 18.5 Å². The van der Waals surface area contributed by atoms with Crippen molar-refractivity contribution in [3.63, 3.8) is 0 Å². The largest absolute Gasteiger partial charge is 0.328 e. The van der Waals surface area contributed by atoms with E-state index in [1.165, 1.54) is 11.8 Å². The molecule has 0 saturated heterocycles. The van der Waals surface area contributed by atoms with Crippen molar-refractivity contribution in [1.29, 1.82) is 0 Å². The number of anilines is 2. The third-order valence-electron chi connectivity index (χ3n) is 4.55. The number of amides is 1. The molecular weight excluding hydrogens is 474 g/mol. The van der Waals surface area contributed by atoms with Crippen molar-refractivity contribution in [1.82, 2.24) is 14.8 Å². The highest BCUT2D eigenvalue weighted by molar-refractivity contribution is 9.10. The standard InChI is InChI=1S/C20H17BrClN5OS/c1-11-16(18(28)24-15-9-7-14(22)8-10-15)17(12-3-5-13(21)6-4-12)27-19(23-11)25-20(26-27)29-2/h3-10,17H,1-2H3,(H,24,28)(H,23,25,26)/t17-/m1/s1. The molecule has 4 rings (SSSR count). The second-order valence-corrected chi connectivity index (χ2v) is 8.57. The quantitative estimate of drug-likeness (QED) is 0.483. The lowest BCUT2D eigenvalue weighted by Crippen LogP contribution is -2.31. The van der Waals surface area contributed by atoms with Crippen molar-refractivity contribution < 1.29 is 4.79 Å². The Kier molecular flexibility index (Phi) is 5.67. The van der Waals surface area contributed by atoms with Crippen molar-refractivity contribution in [3.8, 4) is 0 Å². The molecule has 2 heterocycles. The molecule has 9 heteroatoms. The zero-order chi connectivity index (χ0) is 20.5. The van der Waals surface area contributed by atoms with Gasteiger partial charge in [0.15, 0.2) is 0 Å². The second kappa shape index (κ2) is 8.22. The Balaban J connectivity index is 1.77. The Bertz CT molecular complexity index is 1100. The van der Waals surface area contributed by atoms with Crippen LogP contribution in [-0.4, -0.2) is 26.9 Å². The van der Waals surface area contributed by atoms with E-state index in [1.807, 2.05) is 37.4 Å². The summed E-state index contributed by atoms with van der Waals surface area (Å²) >= 11 is 10.9. The van der Waals surface area contributed by atoms with Crippen LogP contribution < -0.4 is 10.6 Å². The predicted molar refractivity (Wildman–Crippen MR) is 120 cm³/mol. The van der Waals surface area contributed by atoms with Crippen LogP contribution in [0.3, 0.4) is 0 Å². The van der Waals surface area contributed by atoms with Gasteiger partial charge in [-0.2, -0.15) is 4.98 Å². The smallest absolute Gasteiger partial charge is 0.255 e. The first-order chi connectivity index (χ1) is 14.0. The molecule has 1 aliphatic rings. The number of carbonyl (C=O) groups excluding carboxylic acids is 1. The predicted octanol–water partition coefficient (Wildman–Crippen LogP) is 5.34. The molecule has 6 nitrogen and oxygen atoms in total. The molecule has 0 radical (unpaired) electrons. The number of thioether (sulfide) groups is 1. The van der Waals surface area contributed by atoms with Gasteiger partial charge >= 0.3 is 0 Å². The van der Waals surface area contributed by atoms with E-state index in [2.05, 4.69) is 36.6 Å². The maximum Gasteiger partial charge on any atom is 0.255 e. The summed E-state index contributed by atoms with van der Waals surface area (Å²) < 4.78 is 2.73. The van der Waals surface area contributed by atoms with E-state index in [0.717, 1.165) is 15.7 Å². The topological polar surface area (TPSA) is 71.8 Å². The molecule has 0 aliphatic carbocycles. The Morgan fingerprint density at radius 3 is 2.55 bits per heavy atom. The Morgan fingerprint density at radius 2 is 1.90 bits per heavy atom. The number of nitrogens with zero attached hydrogens (tertiary/aromatic N) is 3. The second-order valence-electron chi connectivity index (χ2n) is 6.45. The molecule has 29 heavy (non-hydrogen) atoms. The normalized spacial score (nSPS) is 15.7. The summed E-state index contributed by atoms with van der Waals surface area (Å²) in [6.07, 6.45) is 1.92. The van der Waals surface area contributed by atoms with Crippen molar-refractivity contribution in [3.05, 3.63) is 74.9 Å². The third kappa shape index (κ3) is 4.05. The number of fused-ring (bicyclic) bond motifs is 1. The summed E-state index contributed by atoms with van der Waals surface area (Å²) in [4.78, 5) is 17.8. The van der Waals surface area contributed by atoms with Gasteiger partial charge in [0.2, 0.25) is 11.1 Å². The number of benzene rings is 2. The first-order valence-corrected chi connectivity index (χ1v) is 11.2. The third-order valence-corrected chi connectivity index (χ3v) is 5.87. The lowest BCUT2D eigenvalue weighted by Gasteiger charge is -2.28. The van der Waals surface area contributed by atoms with Crippen molar-refractivity contribution in [2.75, 3.05) is 16.9 Å². The lowest BCUT2D eigenvalue weighted by atomic mass is 9.95. The van der Waals surface area contributed by atoms with Gasteiger partial charge in [-0.1, -0.05) is 51.4 Å². The van der Waals surface area contributed by atoms with Gasteiger partial charge in [0.25, 0.3) is 5.91 Å². The molecule has 1 aliphatic heterocycles. The van der Waals surface area contributed by atoms with Crippen LogP contribution >= 0.6 is 39.3 Å². The Hall–Kier alpha value is -2.29. The van der Waals surface area contributed by atoms with Gasteiger partial charge < -0.3 is 10.6 Å². The summed E-state index contributed by atoms with van der Waals surface area (Å²) in [5.74, 6) is 0.403. The van der Waals surface area contributed by atoms with Crippen LogP contribution in [0.4, 0.5) is 11.6 Å². The zero-order valence-electron chi connectivity index (χ0n) is 15.6. The zero-order valence-corrected chi connectivity index (χ0v) is 18.8. The van der Waals surface area contributed by atoms with Gasteiger partial charge in [-0.05, 0) is 55.1 Å². The summed E-state index contributed by atoms with van der Waals surface area (Å²) in [5, 5.41) is 12.0. The van der Waals surface area contributed by atoms with Gasteiger partial charge in [-0.15, -0.1) is 5.10 Å². The fourth-order valence-corrected chi connectivity index (χ4v) is 3.93. The van der Waals surface area contributed by atoms with Crippen LogP contribution in [0.5, 0.6) is 0 Å². The maximum absolute atomic E-state index is 13.3. The molecule has 1 amide bonds. The molecule has 0 unspecified atom stereocenters. The molecule has 0 bridgehead atoms. The molecule has 2 aromatic carbocycles. The molecule has 3 aromatic rings. The van der Waals surface area contributed by atoms with Crippen molar-refractivity contribution in [2.45, 2.75) is 18.1 Å². The van der Waals surface area contributed by atoms with Crippen LogP contribution in [0.15, 0.2) is 69.4 Å². The average Bonchev–Trinajstić information content (AvgIpc) is 3.12. The minimum atomic E-state index is -0.403. The van der Waals surface area contributed by atoms with Crippen LogP contribution in [0.2, 0.25) is 5.02 Å². The molecule has 1 atom stereocenters. The van der Waals surface area contributed by atoms with Crippen molar-refractivity contribution in [2.24, 2.45) is 0 Å². The Labute approximate surface area is 185 Å². The molecule has 0 spiro atoms. The van der Waals surface area contributed by atoms with E-state index in [9.17, 15) is 4.79 Å². The summed E-state index contributed by atoms with van der Waals surface area (Å²) in [7, 11) is 0. The number of nitrogens with one attached hydrogen (secondary N) is 2. The first-order valence-electron chi connectivity index (χ1n) is 8.77. The lowest BCUT2D eigenvalue weighted by molar-refractivity contribution is -0.113. The van der Waals surface area contributed by atoms with E-state index in [1.54, 1.807) is 28.9 Å². The van der Waals surface area contributed by atoms with E-state index in [-0.39, 0.29) is 5.91 Å². The van der Waals surface area contributed by atoms with E-state index < -0.39 is 6.04 Å². The van der Waals surface area contributed by atoms with Crippen molar-refractivity contribution >= 4 is 56.8 Å². The number of carbonyl (C=O) groups is 1. The van der Waals surface area contributed by atoms with E-state index >= 15 is 0 Å². The van der Waals surface area contributed by atoms with Gasteiger partial charge in [-0.25, -0.2) is 4.68 Å². The fraction of sp³-hybridized carbons (Fsp3) is 0.150.